The molecule has 19 heavy (non-hydrogen) atoms. The van der Waals surface area contributed by atoms with Gasteiger partial charge in [0.15, 0.2) is 5.96 Å². The molecule has 0 aromatic rings. The first-order valence-corrected chi connectivity index (χ1v) is 6.57. The number of imide groups is 1. The van der Waals surface area contributed by atoms with E-state index in [0.717, 1.165) is 13.0 Å². The molecule has 0 aromatic heterocycles. The Hall–Kier alpha value is -1.79. The van der Waals surface area contributed by atoms with E-state index in [1.807, 2.05) is 0 Å². The van der Waals surface area contributed by atoms with Crippen LogP contribution in [0, 0.1) is 5.92 Å². The van der Waals surface area contributed by atoms with Crippen molar-refractivity contribution in [2.75, 3.05) is 33.2 Å². The number of amides is 3. The molecule has 7 nitrogen and oxygen atoms in total. The SMILES string of the molecule is CN=C(NCCC(C)C)NCCN1C(=O)CNC1=O. The molecule has 1 heterocycles. The third-order valence-corrected chi connectivity index (χ3v) is 2.80. The number of urea groups is 1. The maximum absolute atomic E-state index is 11.3. The second kappa shape index (κ2) is 7.60. The number of hydrogen-bond acceptors (Lipinski definition) is 3. The van der Waals surface area contributed by atoms with Crippen molar-refractivity contribution in [1.82, 2.24) is 20.9 Å². The Labute approximate surface area is 113 Å². The second-order valence-electron chi connectivity index (χ2n) is 4.81. The summed E-state index contributed by atoms with van der Waals surface area (Å²) >= 11 is 0. The predicted octanol–water partition coefficient (Wildman–Crippen LogP) is -0.251. The molecule has 0 saturated carbocycles. The molecule has 3 amide bonds. The Kier molecular flexibility index (Phi) is 6.11. The minimum atomic E-state index is -0.324. The van der Waals surface area contributed by atoms with Crippen molar-refractivity contribution in [2.45, 2.75) is 20.3 Å². The lowest BCUT2D eigenvalue weighted by atomic mass is 10.1. The van der Waals surface area contributed by atoms with Gasteiger partial charge in [-0.25, -0.2) is 4.79 Å². The van der Waals surface area contributed by atoms with Crippen molar-refractivity contribution in [3.8, 4) is 0 Å². The average molecular weight is 269 g/mol. The van der Waals surface area contributed by atoms with Crippen LogP contribution in [0.3, 0.4) is 0 Å². The Morgan fingerprint density at radius 3 is 2.58 bits per heavy atom. The van der Waals surface area contributed by atoms with Crippen LogP contribution in [-0.4, -0.2) is 56.0 Å². The summed E-state index contributed by atoms with van der Waals surface area (Å²) in [5.74, 6) is 1.14. The minimum absolute atomic E-state index is 0.0974. The highest BCUT2D eigenvalue weighted by molar-refractivity contribution is 6.01. The van der Waals surface area contributed by atoms with Gasteiger partial charge in [0.1, 0.15) is 0 Å². The van der Waals surface area contributed by atoms with Crippen LogP contribution < -0.4 is 16.0 Å². The van der Waals surface area contributed by atoms with Crippen LogP contribution in [0.1, 0.15) is 20.3 Å². The van der Waals surface area contributed by atoms with E-state index in [1.54, 1.807) is 7.05 Å². The van der Waals surface area contributed by atoms with Gasteiger partial charge in [-0.3, -0.25) is 14.7 Å². The summed E-state index contributed by atoms with van der Waals surface area (Å²) in [6.45, 7) is 6.10. The largest absolute Gasteiger partial charge is 0.356 e. The molecule has 1 rings (SSSR count). The second-order valence-corrected chi connectivity index (χ2v) is 4.81. The zero-order valence-corrected chi connectivity index (χ0v) is 11.8. The number of nitrogens with one attached hydrogen (secondary N) is 3. The summed E-state index contributed by atoms with van der Waals surface area (Å²) in [6.07, 6.45) is 1.06. The van der Waals surface area contributed by atoms with Crippen molar-refractivity contribution in [2.24, 2.45) is 10.9 Å². The highest BCUT2D eigenvalue weighted by atomic mass is 16.2. The molecule has 1 saturated heterocycles. The van der Waals surface area contributed by atoms with Crippen molar-refractivity contribution < 1.29 is 9.59 Å². The predicted molar refractivity (Wildman–Crippen MR) is 73.9 cm³/mol. The molecule has 0 aromatic carbocycles. The molecule has 0 radical (unpaired) electrons. The molecule has 1 aliphatic heterocycles. The van der Waals surface area contributed by atoms with Gasteiger partial charge in [-0.1, -0.05) is 13.8 Å². The summed E-state index contributed by atoms with van der Waals surface area (Å²) in [4.78, 5) is 27.9. The van der Waals surface area contributed by atoms with Gasteiger partial charge in [0.2, 0.25) is 5.91 Å². The molecule has 1 fully saturated rings. The molecule has 0 bridgehead atoms. The van der Waals surface area contributed by atoms with Crippen molar-refractivity contribution in [3.05, 3.63) is 0 Å². The normalized spacial score (nSPS) is 16.0. The number of carbonyl (C=O) groups is 2. The lowest BCUT2D eigenvalue weighted by Crippen LogP contribution is -2.43. The fourth-order valence-corrected chi connectivity index (χ4v) is 1.67. The third-order valence-electron chi connectivity index (χ3n) is 2.80. The molecule has 0 unspecified atom stereocenters. The molecule has 0 spiro atoms. The van der Waals surface area contributed by atoms with E-state index in [9.17, 15) is 9.59 Å². The van der Waals surface area contributed by atoms with Gasteiger partial charge in [0.25, 0.3) is 0 Å². The molecule has 1 aliphatic rings. The van der Waals surface area contributed by atoms with Gasteiger partial charge in [0, 0.05) is 26.7 Å². The molecule has 7 heteroatoms. The van der Waals surface area contributed by atoms with Crippen molar-refractivity contribution in [1.29, 1.82) is 0 Å². The quantitative estimate of drug-likeness (QED) is 0.352. The van der Waals surface area contributed by atoms with Crippen molar-refractivity contribution in [3.63, 3.8) is 0 Å². The van der Waals surface area contributed by atoms with Crippen LogP contribution in [0.25, 0.3) is 0 Å². The number of carbonyl (C=O) groups excluding carboxylic acids is 2. The van der Waals surface area contributed by atoms with Crippen LogP contribution in [-0.2, 0) is 4.79 Å². The zero-order valence-electron chi connectivity index (χ0n) is 11.8. The summed E-state index contributed by atoms with van der Waals surface area (Å²) in [5.41, 5.74) is 0. The van der Waals surface area contributed by atoms with E-state index in [-0.39, 0.29) is 18.5 Å². The smallest absolute Gasteiger partial charge is 0.324 e. The van der Waals surface area contributed by atoms with Gasteiger partial charge in [-0.05, 0) is 12.3 Å². The minimum Gasteiger partial charge on any atom is -0.356 e. The Bertz CT molecular complexity index is 338. The Balaban J connectivity index is 2.23. The first kappa shape index (κ1) is 15.3. The highest BCUT2D eigenvalue weighted by Crippen LogP contribution is 1.97. The summed E-state index contributed by atoms with van der Waals surface area (Å²) in [6, 6.07) is -0.324. The molecule has 3 N–H and O–H groups in total. The lowest BCUT2D eigenvalue weighted by Gasteiger charge is -2.15. The van der Waals surface area contributed by atoms with Gasteiger partial charge in [0.05, 0.1) is 6.54 Å². The van der Waals surface area contributed by atoms with Crippen LogP contribution in [0.5, 0.6) is 0 Å². The standard InChI is InChI=1S/C12H23N5O2/c1-9(2)4-5-14-11(13-3)15-6-7-17-10(18)8-16-12(17)19/h9H,4-8H2,1-3H3,(H,16,19)(H2,13,14,15). The zero-order chi connectivity index (χ0) is 14.3. The molecule has 108 valence electrons. The van der Waals surface area contributed by atoms with E-state index in [2.05, 4.69) is 34.8 Å². The summed E-state index contributed by atoms with van der Waals surface area (Å²) in [7, 11) is 1.69. The third kappa shape index (κ3) is 5.15. The van der Waals surface area contributed by atoms with E-state index in [4.69, 9.17) is 0 Å². The molecular weight excluding hydrogens is 246 g/mol. The summed E-state index contributed by atoms with van der Waals surface area (Å²) < 4.78 is 0. The van der Waals surface area contributed by atoms with Gasteiger partial charge >= 0.3 is 6.03 Å². The fraction of sp³-hybridized carbons (Fsp3) is 0.750. The van der Waals surface area contributed by atoms with Crippen LogP contribution >= 0.6 is 0 Å². The highest BCUT2D eigenvalue weighted by Gasteiger charge is 2.27. The topological polar surface area (TPSA) is 85.8 Å². The number of aliphatic imine (C=N–C) groups is 1. The van der Waals surface area contributed by atoms with Gasteiger partial charge in [-0.15, -0.1) is 0 Å². The van der Waals surface area contributed by atoms with Crippen LogP contribution in [0.15, 0.2) is 4.99 Å². The average Bonchev–Trinajstić information content (AvgIpc) is 2.68. The fourth-order valence-electron chi connectivity index (χ4n) is 1.67. The van der Waals surface area contributed by atoms with Crippen molar-refractivity contribution >= 4 is 17.9 Å². The first-order chi connectivity index (χ1) is 9.04. The van der Waals surface area contributed by atoms with Crippen LogP contribution in [0.2, 0.25) is 0 Å². The van der Waals surface area contributed by atoms with E-state index in [0.29, 0.717) is 25.0 Å². The van der Waals surface area contributed by atoms with Crippen LogP contribution in [0.4, 0.5) is 4.79 Å². The number of guanidine groups is 1. The van der Waals surface area contributed by atoms with Gasteiger partial charge < -0.3 is 16.0 Å². The lowest BCUT2D eigenvalue weighted by molar-refractivity contribution is -0.124. The van der Waals surface area contributed by atoms with E-state index < -0.39 is 0 Å². The number of hydrogen-bond donors (Lipinski definition) is 3. The van der Waals surface area contributed by atoms with E-state index >= 15 is 0 Å². The maximum atomic E-state index is 11.3. The maximum Gasteiger partial charge on any atom is 0.324 e. The van der Waals surface area contributed by atoms with E-state index in [1.165, 1.54) is 4.90 Å². The Morgan fingerprint density at radius 2 is 2.05 bits per heavy atom. The van der Waals surface area contributed by atoms with Gasteiger partial charge in [-0.2, -0.15) is 0 Å². The number of nitrogens with zero attached hydrogens (tertiary/aromatic N) is 2. The number of rotatable bonds is 6. The summed E-state index contributed by atoms with van der Waals surface area (Å²) in [5, 5.41) is 8.74. The first-order valence-electron chi connectivity index (χ1n) is 6.57. The molecule has 0 atom stereocenters. The molecular formula is C12H23N5O2. The molecule has 0 aliphatic carbocycles. The Morgan fingerprint density at radius 1 is 1.37 bits per heavy atom. The monoisotopic (exact) mass is 269 g/mol.